The van der Waals surface area contributed by atoms with Gasteiger partial charge >= 0.3 is 5.97 Å². The Balaban J connectivity index is 2.17. The number of aromatic carboxylic acids is 1. The lowest BCUT2D eigenvalue weighted by Gasteiger charge is -2.27. The summed E-state index contributed by atoms with van der Waals surface area (Å²) in [5, 5.41) is 12.2. The van der Waals surface area contributed by atoms with E-state index in [-0.39, 0.29) is 5.56 Å². The van der Waals surface area contributed by atoms with Gasteiger partial charge in [-0.25, -0.2) is 4.79 Å². The number of anilines is 2. The Kier molecular flexibility index (Phi) is 2.49. The third kappa shape index (κ3) is 2.03. The van der Waals surface area contributed by atoms with Gasteiger partial charge in [0.05, 0.1) is 5.56 Å². The van der Waals surface area contributed by atoms with E-state index in [9.17, 15) is 4.79 Å². The Hall–Kier alpha value is -1.71. The van der Waals surface area contributed by atoms with Gasteiger partial charge in [0.2, 0.25) is 0 Å². The molecule has 4 heteroatoms. The van der Waals surface area contributed by atoms with Crippen LogP contribution in [0.5, 0.6) is 0 Å². The second kappa shape index (κ2) is 3.81. The summed E-state index contributed by atoms with van der Waals surface area (Å²) in [5.74, 6) is -0.982. The molecule has 1 aromatic rings. The highest BCUT2D eigenvalue weighted by atomic mass is 16.4. The van der Waals surface area contributed by atoms with Crippen molar-refractivity contribution >= 4 is 17.3 Å². The molecule has 0 radical (unpaired) electrons. The normalized spacial score (nSPS) is 15.7. The first kappa shape index (κ1) is 9.83. The Morgan fingerprint density at radius 2 is 2.20 bits per heavy atom. The van der Waals surface area contributed by atoms with E-state index in [0.29, 0.717) is 11.7 Å². The minimum Gasteiger partial charge on any atom is -0.478 e. The van der Waals surface area contributed by atoms with Crippen LogP contribution < -0.4 is 11.1 Å². The summed E-state index contributed by atoms with van der Waals surface area (Å²) in [7, 11) is 0. The van der Waals surface area contributed by atoms with Crippen LogP contribution in [0.15, 0.2) is 18.2 Å². The summed E-state index contributed by atoms with van der Waals surface area (Å²) in [6.07, 6.45) is 3.57. The van der Waals surface area contributed by atoms with Gasteiger partial charge in [-0.3, -0.25) is 0 Å². The molecule has 4 nitrogen and oxygen atoms in total. The lowest BCUT2D eigenvalue weighted by Crippen LogP contribution is -2.27. The van der Waals surface area contributed by atoms with Crippen molar-refractivity contribution in [2.45, 2.75) is 25.3 Å². The van der Waals surface area contributed by atoms with E-state index in [2.05, 4.69) is 5.32 Å². The summed E-state index contributed by atoms with van der Waals surface area (Å²) in [4.78, 5) is 10.8. The molecule has 1 aromatic carbocycles. The molecule has 0 aliphatic heterocycles. The van der Waals surface area contributed by atoms with Crippen molar-refractivity contribution in [1.82, 2.24) is 0 Å². The van der Waals surface area contributed by atoms with Gasteiger partial charge in [-0.1, -0.05) is 0 Å². The number of nitrogens with one attached hydrogen (secondary N) is 1. The van der Waals surface area contributed by atoms with Gasteiger partial charge < -0.3 is 16.2 Å². The number of hydrogen-bond donors (Lipinski definition) is 3. The molecule has 0 atom stereocenters. The molecule has 0 bridgehead atoms. The maximum absolute atomic E-state index is 10.8. The number of carboxylic acid groups (broad SMARTS) is 1. The molecule has 1 fully saturated rings. The summed E-state index contributed by atoms with van der Waals surface area (Å²) in [5.41, 5.74) is 6.87. The van der Waals surface area contributed by atoms with Gasteiger partial charge in [0, 0.05) is 17.4 Å². The Bertz CT molecular complexity index is 386. The highest BCUT2D eigenvalue weighted by Gasteiger charge is 2.17. The van der Waals surface area contributed by atoms with Crippen molar-refractivity contribution in [3.63, 3.8) is 0 Å². The van der Waals surface area contributed by atoms with Crippen LogP contribution in [0.25, 0.3) is 0 Å². The number of benzene rings is 1. The van der Waals surface area contributed by atoms with E-state index >= 15 is 0 Å². The van der Waals surface area contributed by atoms with Gasteiger partial charge in [-0.15, -0.1) is 0 Å². The fourth-order valence-corrected chi connectivity index (χ4v) is 1.62. The first-order chi connectivity index (χ1) is 7.16. The summed E-state index contributed by atoms with van der Waals surface area (Å²) < 4.78 is 0. The molecule has 1 aliphatic rings. The van der Waals surface area contributed by atoms with Crippen LogP contribution >= 0.6 is 0 Å². The lowest BCUT2D eigenvalue weighted by atomic mass is 9.93. The number of carbonyl (C=O) groups is 1. The molecule has 0 unspecified atom stereocenters. The van der Waals surface area contributed by atoms with E-state index in [4.69, 9.17) is 10.8 Å². The zero-order valence-electron chi connectivity index (χ0n) is 8.36. The number of rotatable bonds is 3. The smallest absolute Gasteiger partial charge is 0.337 e. The fourth-order valence-electron chi connectivity index (χ4n) is 1.62. The summed E-state index contributed by atoms with van der Waals surface area (Å²) >= 11 is 0. The monoisotopic (exact) mass is 206 g/mol. The maximum Gasteiger partial charge on any atom is 0.337 e. The first-order valence-corrected chi connectivity index (χ1v) is 5.06. The van der Waals surface area contributed by atoms with Crippen molar-refractivity contribution < 1.29 is 9.90 Å². The predicted octanol–water partition coefficient (Wildman–Crippen LogP) is 1.93. The minimum atomic E-state index is -0.982. The number of nitrogens with two attached hydrogens (primary N) is 1. The van der Waals surface area contributed by atoms with Gasteiger partial charge in [-0.2, -0.15) is 0 Å². The molecule has 0 amide bonds. The van der Waals surface area contributed by atoms with Crippen LogP contribution in [0, 0.1) is 0 Å². The average molecular weight is 206 g/mol. The number of carboxylic acids is 1. The van der Waals surface area contributed by atoms with Gasteiger partial charge in [0.25, 0.3) is 0 Å². The van der Waals surface area contributed by atoms with Crippen molar-refractivity contribution in [1.29, 1.82) is 0 Å². The molecule has 0 heterocycles. The van der Waals surface area contributed by atoms with Crippen molar-refractivity contribution in [3.8, 4) is 0 Å². The van der Waals surface area contributed by atoms with Crippen LogP contribution in [0.3, 0.4) is 0 Å². The largest absolute Gasteiger partial charge is 0.478 e. The van der Waals surface area contributed by atoms with Crippen LogP contribution in [-0.2, 0) is 0 Å². The molecule has 0 spiro atoms. The third-order valence-electron chi connectivity index (χ3n) is 2.76. The number of nitrogen functional groups attached to an aromatic ring is 1. The van der Waals surface area contributed by atoms with Crippen LogP contribution in [0.1, 0.15) is 29.6 Å². The topological polar surface area (TPSA) is 75.3 Å². The van der Waals surface area contributed by atoms with E-state index < -0.39 is 5.97 Å². The molecular weight excluding hydrogens is 192 g/mol. The molecule has 2 rings (SSSR count). The summed E-state index contributed by atoms with van der Waals surface area (Å²) in [6, 6.07) is 5.54. The Labute approximate surface area is 88.1 Å². The predicted molar refractivity (Wildman–Crippen MR) is 59.1 cm³/mol. The average Bonchev–Trinajstić information content (AvgIpc) is 2.13. The molecular formula is C11H14N2O2. The number of hydrogen-bond acceptors (Lipinski definition) is 3. The zero-order valence-corrected chi connectivity index (χ0v) is 8.36. The molecule has 0 aromatic heterocycles. The van der Waals surface area contributed by atoms with Crippen LogP contribution in [0.4, 0.5) is 11.4 Å². The second-order valence-corrected chi connectivity index (χ2v) is 3.88. The van der Waals surface area contributed by atoms with E-state index in [1.807, 2.05) is 6.07 Å². The van der Waals surface area contributed by atoms with Crippen molar-refractivity contribution in [2.24, 2.45) is 0 Å². The lowest BCUT2D eigenvalue weighted by molar-refractivity contribution is 0.0698. The van der Waals surface area contributed by atoms with Crippen LogP contribution in [-0.4, -0.2) is 17.1 Å². The van der Waals surface area contributed by atoms with E-state index in [1.165, 1.54) is 6.42 Å². The van der Waals surface area contributed by atoms with Crippen molar-refractivity contribution in [3.05, 3.63) is 23.8 Å². The van der Waals surface area contributed by atoms with Crippen LogP contribution in [0.2, 0.25) is 0 Å². The molecule has 1 saturated carbocycles. The highest BCUT2D eigenvalue weighted by molar-refractivity contribution is 5.94. The van der Waals surface area contributed by atoms with E-state index in [1.54, 1.807) is 12.1 Å². The maximum atomic E-state index is 10.8. The molecule has 1 aliphatic carbocycles. The summed E-state index contributed by atoms with van der Waals surface area (Å²) in [6.45, 7) is 0. The zero-order chi connectivity index (χ0) is 10.8. The Morgan fingerprint density at radius 3 is 2.73 bits per heavy atom. The van der Waals surface area contributed by atoms with Gasteiger partial charge in [0.15, 0.2) is 0 Å². The van der Waals surface area contributed by atoms with Gasteiger partial charge in [0.1, 0.15) is 0 Å². The SMILES string of the molecule is Nc1ccc(NC2CCC2)cc1C(=O)O. The third-order valence-corrected chi connectivity index (χ3v) is 2.76. The molecule has 0 saturated heterocycles. The standard InChI is InChI=1S/C11H14N2O2/c12-10-5-4-8(6-9(10)11(14)15)13-7-2-1-3-7/h4-7,13H,1-3,12H2,(H,14,15). The molecule has 15 heavy (non-hydrogen) atoms. The fraction of sp³-hybridized carbons (Fsp3) is 0.364. The van der Waals surface area contributed by atoms with Gasteiger partial charge in [-0.05, 0) is 37.5 Å². The quantitative estimate of drug-likeness (QED) is 0.660. The van der Waals surface area contributed by atoms with Crippen molar-refractivity contribution in [2.75, 3.05) is 11.1 Å². The highest BCUT2D eigenvalue weighted by Crippen LogP contribution is 2.25. The first-order valence-electron chi connectivity index (χ1n) is 5.06. The van der Waals surface area contributed by atoms with E-state index in [0.717, 1.165) is 18.5 Å². The minimum absolute atomic E-state index is 0.166. The second-order valence-electron chi connectivity index (χ2n) is 3.88. The molecule has 80 valence electrons. The molecule has 4 N–H and O–H groups in total. The Morgan fingerprint density at radius 1 is 1.47 bits per heavy atom.